The maximum atomic E-state index is 12.0. The first-order chi connectivity index (χ1) is 9.69. The highest BCUT2D eigenvalue weighted by molar-refractivity contribution is 5.93. The van der Waals surface area contributed by atoms with Crippen LogP contribution in [0.3, 0.4) is 0 Å². The third-order valence-electron chi connectivity index (χ3n) is 2.84. The standard InChI is InChI=1S/C12H18N6O2/c1-3-20-12(19)10-11(9-7-14-8-17(9)2)18(16-15-10)6-4-5-13/h7-8H,3-6,13H2,1-2H3. The molecule has 0 spiro atoms. The van der Waals surface area contributed by atoms with Crippen LogP contribution in [0, 0.1) is 0 Å². The quantitative estimate of drug-likeness (QED) is 0.758. The van der Waals surface area contributed by atoms with Crippen molar-refractivity contribution >= 4 is 5.97 Å². The molecule has 0 unspecified atom stereocenters. The van der Waals surface area contributed by atoms with Gasteiger partial charge in [0.1, 0.15) is 5.69 Å². The van der Waals surface area contributed by atoms with Crippen LogP contribution < -0.4 is 5.73 Å². The predicted molar refractivity (Wildman–Crippen MR) is 71.9 cm³/mol. The largest absolute Gasteiger partial charge is 0.461 e. The topological polar surface area (TPSA) is 101 Å². The van der Waals surface area contributed by atoms with E-state index in [2.05, 4.69) is 15.3 Å². The summed E-state index contributed by atoms with van der Waals surface area (Å²) < 4.78 is 8.48. The minimum absolute atomic E-state index is 0.201. The van der Waals surface area contributed by atoms with Crippen LogP contribution in [0.2, 0.25) is 0 Å². The molecule has 2 aromatic heterocycles. The van der Waals surface area contributed by atoms with E-state index < -0.39 is 5.97 Å². The summed E-state index contributed by atoms with van der Waals surface area (Å²) in [4.78, 5) is 16.0. The van der Waals surface area contributed by atoms with Crippen LogP contribution in [0.1, 0.15) is 23.8 Å². The molecule has 0 saturated carbocycles. The lowest BCUT2D eigenvalue weighted by molar-refractivity contribution is 0.0520. The third-order valence-corrected chi connectivity index (χ3v) is 2.84. The molecule has 0 atom stereocenters. The molecule has 0 aromatic carbocycles. The molecular formula is C12H18N6O2. The van der Waals surface area contributed by atoms with Gasteiger partial charge in [-0.25, -0.2) is 14.5 Å². The number of esters is 1. The molecule has 0 amide bonds. The van der Waals surface area contributed by atoms with Crippen molar-refractivity contribution in [3.63, 3.8) is 0 Å². The number of aromatic nitrogens is 5. The zero-order valence-electron chi connectivity index (χ0n) is 11.6. The molecule has 0 bridgehead atoms. The number of hydrogen-bond donors (Lipinski definition) is 1. The number of hydrogen-bond acceptors (Lipinski definition) is 6. The fraction of sp³-hybridized carbons (Fsp3) is 0.500. The van der Waals surface area contributed by atoms with Gasteiger partial charge in [-0.2, -0.15) is 0 Å². The number of carbonyl (C=O) groups is 1. The molecule has 2 aromatic rings. The number of nitrogens with two attached hydrogens (primary N) is 1. The van der Waals surface area contributed by atoms with Gasteiger partial charge in [0.15, 0.2) is 5.69 Å². The Labute approximate surface area is 116 Å². The van der Waals surface area contributed by atoms with Crippen molar-refractivity contribution in [1.29, 1.82) is 0 Å². The van der Waals surface area contributed by atoms with E-state index in [1.54, 1.807) is 28.7 Å². The molecule has 8 heteroatoms. The molecule has 2 heterocycles. The molecule has 2 N–H and O–H groups in total. The number of imidazole rings is 1. The molecule has 0 saturated heterocycles. The SMILES string of the molecule is CCOC(=O)c1nnn(CCCN)c1-c1cncn1C. The molecule has 20 heavy (non-hydrogen) atoms. The fourth-order valence-corrected chi connectivity index (χ4v) is 1.89. The van der Waals surface area contributed by atoms with Gasteiger partial charge in [-0.3, -0.25) is 0 Å². The van der Waals surface area contributed by atoms with Gasteiger partial charge in [0.2, 0.25) is 0 Å². The minimum Gasteiger partial charge on any atom is -0.461 e. The number of carbonyl (C=O) groups excluding carboxylic acids is 1. The van der Waals surface area contributed by atoms with E-state index in [1.807, 2.05) is 7.05 Å². The lowest BCUT2D eigenvalue weighted by atomic mass is 10.2. The molecular weight excluding hydrogens is 260 g/mol. The Kier molecular flexibility index (Phi) is 4.46. The van der Waals surface area contributed by atoms with Gasteiger partial charge in [0.25, 0.3) is 0 Å². The van der Waals surface area contributed by atoms with Crippen LogP contribution in [0.4, 0.5) is 0 Å². The summed E-state index contributed by atoms with van der Waals surface area (Å²) in [6.45, 7) is 3.17. The second-order valence-corrected chi connectivity index (χ2v) is 4.26. The van der Waals surface area contributed by atoms with Gasteiger partial charge in [0.05, 0.1) is 24.8 Å². The smallest absolute Gasteiger partial charge is 0.361 e. The first-order valence-corrected chi connectivity index (χ1v) is 6.46. The highest BCUT2D eigenvalue weighted by atomic mass is 16.5. The van der Waals surface area contributed by atoms with Gasteiger partial charge in [-0.05, 0) is 19.9 Å². The summed E-state index contributed by atoms with van der Waals surface area (Å²) in [7, 11) is 1.84. The van der Waals surface area contributed by atoms with Gasteiger partial charge in [-0.15, -0.1) is 5.10 Å². The average Bonchev–Trinajstić information content (AvgIpc) is 3.02. The molecule has 108 valence electrons. The van der Waals surface area contributed by atoms with E-state index in [9.17, 15) is 4.79 Å². The lowest BCUT2D eigenvalue weighted by Crippen LogP contribution is -2.11. The predicted octanol–water partition coefficient (Wildman–Crippen LogP) is 0.204. The highest BCUT2D eigenvalue weighted by Crippen LogP contribution is 2.22. The average molecular weight is 278 g/mol. The highest BCUT2D eigenvalue weighted by Gasteiger charge is 2.23. The molecule has 2 rings (SSSR count). The maximum Gasteiger partial charge on any atom is 0.361 e. The van der Waals surface area contributed by atoms with Crippen molar-refractivity contribution in [2.75, 3.05) is 13.2 Å². The normalized spacial score (nSPS) is 10.8. The first kappa shape index (κ1) is 14.2. The Morgan fingerprint density at radius 1 is 1.50 bits per heavy atom. The first-order valence-electron chi connectivity index (χ1n) is 6.46. The second kappa shape index (κ2) is 6.29. The Morgan fingerprint density at radius 3 is 2.90 bits per heavy atom. The summed E-state index contributed by atoms with van der Waals surface area (Å²) in [5.41, 5.74) is 7.09. The zero-order valence-corrected chi connectivity index (χ0v) is 11.6. The van der Waals surface area contributed by atoms with Gasteiger partial charge in [0, 0.05) is 13.6 Å². The van der Waals surface area contributed by atoms with Crippen molar-refractivity contribution in [3.8, 4) is 11.4 Å². The number of nitrogens with zero attached hydrogens (tertiary/aromatic N) is 5. The third kappa shape index (κ3) is 2.69. The van der Waals surface area contributed by atoms with Crippen LogP contribution in [0.25, 0.3) is 11.4 Å². The van der Waals surface area contributed by atoms with Gasteiger partial charge >= 0.3 is 5.97 Å². The number of aryl methyl sites for hydroxylation is 2. The molecule has 0 fully saturated rings. The van der Waals surface area contributed by atoms with E-state index in [0.717, 1.165) is 12.1 Å². The van der Waals surface area contributed by atoms with Crippen molar-refractivity contribution in [2.45, 2.75) is 19.9 Å². The number of rotatable bonds is 6. The zero-order chi connectivity index (χ0) is 14.5. The maximum absolute atomic E-state index is 12.0. The van der Waals surface area contributed by atoms with Gasteiger partial charge < -0.3 is 15.0 Å². The van der Waals surface area contributed by atoms with E-state index in [4.69, 9.17) is 10.5 Å². The van der Waals surface area contributed by atoms with Crippen molar-refractivity contribution in [2.24, 2.45) is 12.8 Å². The Balaban J connectivity index is 2.45. The van der Waals surface area contributed by atoms with Crippen molar-refractivity contribution < 1.29 is 9.53 Å². The molecule has 0 aliphatic heterocycles. The summed E-state index contributed by atoms with van der Waals surface area (Å²) in [6.07, 6.45) is 4.07. The Morgan fingerprint density at radius 2 is 2.30 bits per heavy atom. The van der Waals surface area contributed by atoms with Crippen LogP contribution in [0.5, 0.6) is 0 Å². The Bertz CT molecular complexity index is 589. The summed E-state index contributed by atoms with van der Waals surface area (Å²) in [5.74, 6) is -0.484. The molecule has 0 radical (unpaired) electrons. The van der Waals surface area contributed by atoms with Crippen LogP contribution in [-0.2, 0) is 18.3 Å². The molecule has 0 aliphatic rings. The van der Waals surface area contributed by atoms with E-state index >= 15 is 0 Å². The van der Waals surface area contributed by atoms with Crippen LogP contribution >= 0.6 is 0 Å². The van der Waals surface area contributed by atoms with E-state index in [1.165, 1.54) is 0 Å². The van der Waals surface area contributed by atoms with E-state index in [0.29, 0.717) is 25.4 Å². The summed E-state index contributed by atoms with van der Waals surface area (Å²) >= 11 is 0. The van der Waals surface area contributed by atoms with Gasteiger partial charge in [-0.1, -0.05) is 5.21 Å². The summed E-state index contributed by atoms with van der Waals surface area (Å²) in [5, 5.41) is 7.96. The molecule has 8 nitrogen and oxygen atoms in total. The number of ether oxygens (including phenoxy) is 1. The van der Waals surface area contributed by atoms with Crippen LogP contribution in [-0.4, -0.2) is 43.7 Å². The lowest BCUT2D eigenvalue weighted by Gasteiger charge is -2.07. The van der Waals surface area contributed by atoms with E-state index in [-0.39, 0.29) is 5.69 Å². The van der Waals surface area contributed by atoms with Crippen molar-refractivity contribution in [3.05, 3.63) is 18.2 Å². The monoisotopic (exact) mass is 278 g/mol. The van der Waals surface area contributed by atoms with Crippen LogP contribution in [0.15, 0.2) is 12.5 Å². The Hall–Kier alpha value is -2.22. The fourth-order valence-electron chi connectivity index (χ4n) is 1.89. The minimum atomic E-state index is -0.484. The summed E-state index contributed by atoms with van der Waals surface area (Å²) in [6, 6.07) is 0. The molecule has 0 aliphatic carbocycles. The second-order valence-electron chi connectivity index (χ2n) is 4.26. The van der Waals surface area contributed by atoms with Crippen molar-refractivity contribution in [1.82, 2.24) is 24.5 Å².